The van der Waals surface area contributed by atoms with E-state index in [0.29, 0.717) is 0 Å². The van der Waals surface area contributed by atoms with Crippen molar-refractivity contribution >= 4 is 50.0 Å². The third-order valence-corrected chi connectivity index (χ3v) is 2.47. The van der Waals surface area contributed by atoms with E-state index < -0.39 is 25.1 Å². The topological polar surface area (TPSA) is 96.9 Å². The van der Waals surface area contributed by atoms with Gasteiger partial charge in [0.25, 0.3) is 10.0 Å². The summed E-state index contributed by atoms with van der Waals surface area (Å²) < 4.78 is 29.3. The van der Waals surface area contributed by atoms with Gasteiger partial charge in [0.05, 0.1) is 6.26 Å². The molecule has 0 aliphatic heterocycles. The number of thioether (sulfide) groups is 1. The quantitative estimate of drug-likeness (QED) is 0.312. The second kappa shape index (κ2) is 7.05. The van der Waals surface area contributed by atoms with E-state index in [4.69, 9.17) is 7.98 Å². The summed E-state index contributed by atoms with van der Waals surface area (Å²) in [6.07, 6.45) is 1.65. The molecule has 0 rings (SSSR count). The highest BCUT2D eigenvalue weighted by Gasteiger charge is 2.08. The summed E-state index contributed by atoms with van der Waals surface area (Å²) in [5.41, 5.74) is 0. The number of sulfonamides is 1. The van der Waals surface area contributed by atoms with E-state index in [2.05, 4.69) is 19.2 Å². The predicted molar refractivity (Wildman–Crippen MR) is 62.6 cm³/mol. The lowest BCUT2D eigenvalue weighted by Crippen LogP contribution is -2.28. The first-order valence-corrected chi connectivity index (χ1v) is 7.39. The van der Waals surface area contributed by atoms with Gasteiger partial charge in [0, 0.05) is 0 Å². The fraction of sp³-hybridized carbons (Fsp3) is 0.500. The van der Waals surface area contributed by atoms with Crippen LogP contribution < -0.4 is 10.3 Å². The molecule has 0 aromatic rings. The van der Waals surface area contributed by atoms with E-state index in [1.165, 1.54) is 0 Å². The maximum atomic E-state index is 10.9. The Hall–Kier alpha value is -0.305. The summed E-state index contributed by atoms with van der Waals surface area (Å²) in [6.45, 7) is 0. The van der Waals surface area contributed by atoms with Gasteiger partial charge in [-0.25, -0.2) is 13.2 Å². The molecule has 0 saturated heterocycles. The van der Waals surface area contributed by atoms with Gasteiger partial charge in [0.2, 0.25) is 0 Å². The summed E-state index contributed by atoms with van der Waals surface area (Å²) >= 11 is 0.969. The molecule has 0 bridgehead atoms. The molecule has 1 atom stereocenters. The highest BCUT2D eigenvalue weighted by Crippen LogP contribution is 2.05. The highest BCUT2D eigenvalue weighted by atomic mass is 32.2. The second-order valence-electron chi connectivity index (χ2n) is 2.09. The minimum Gasteiger partial charge on any atom is -0.416 e. The minimum absolute atomic E-state index is 0.0654. The summed E-state index contributed by atoms with van der Waals surface area (Å²) in [4.78, 5) is 13.1. The normalized spacial score (nSPS) is 13.1. The highest BCUT2D eigenvalue weighted by molar-refractivity contribution is 8.13. The molecule has 2 radical (unpaired) electrons. The number of carbonyl (C=O) groups is 1. The first-order chi connectivity index (χ1) is 6.89. The maximum absolute atomic E-state index is 10.9. The molecule has 0 spiro atoms. The van der Waals surface area contributed by atoms with Crippen LogP contribution in [0, 0.1) is 0 Å². The van der Waals surface area contributed by atoms with Crippen LogP contribution in [0.4, 0.5) is 4.79 Å². The molecular weight excluding hydrogens is 260 g/mol. The van der Waals surface area contributed by atoms with Crippen molar-refractivity contribution in [2.45, 2.75) is 0 Å². The van der Waals surface area contributed by atoms with Gasteiger partial charge in [0.15, 0.2) is 13.1 Å². The van der Waals surface area contributed by atoms with Crippen LogP contribution in [0.25, 0.3) is 0 Å². The summed E-state index contributed by atoms with van der Waals surface area (Å²) in [5, 5.41) is 2.08. The molecule has 84 valence electrons. The number of rotatable bonds is 3. The molecule has 1 unspecified atom stereocenters. The van der Waals surface area contributed by atoms with E-state index in [1.807, 2.05) is 0 Å². The minimum atomic E-state index is -3.54. The third kappa shape index (κ3) is 8.67. The number of carbonyl (C=O) groups excluding carboxylic acids is 1. The SMILES string of the molecule is [B]NPOC(=O)NC(=NS(C)(=O)=O)SC. The van der Waals surface area contributed by atoms with Crippen LogP contribution in [-0.2, 0) is 14.5 Å². The average molecular weight is 269 g/mol. The fourth-order valence-electron chi connectivity index (χ4n) is 0.450. The molecule has 0 heterocycles. The Kier molecular flexibility index (Phi) is 6.91. The number of hydrogen-bond donors (Lipinski definition) is 2. The Morgan fingerprint density at radius 1 is 1.60 bits per heavy atom. The van der Waals surface area contributed by atoms with Gasteiger partial charge in [-0.3, -0.25) is 5.32 Å². The molecular formula is C4H9BN3O4PS2. The number of nitrogens with zero attached hydrogens (tertiary/aromatic N) is 1. The lowest BCUT2D eigenvalue weighted by atomic mass is 10.5. The standard InChI is InChI=1S/C4H9BN3O4PS2/c1-14-3(7-15(2,10)11)6-4(9)12-13-8-5/h8,13H,1-2H3,(H,6,7,9). The van der Waals surface area contributed by atoms with Crippen molar-refractivity contribution in [2.75, 3.05) is 12.5 Å². The Morgan fingerprint density at radius 3 is 2.60 bits per heavy atom. The summed E-state index contributed by atoms with van der Waals surface area (Å²) in [6, 6.07) is 0. The zero-order valence-corrected chi connectivity index (χ0v) is 10.6. The molecule has 0 aromatic heterocycles. The Labute approximate surface area is 95.2 Å². The van der Waals surface area contributed by atoms with Crippen LogP contribution in [-0.4, -0.2) is 40.2 Å². The van der Waals surface area contributed by atoms with E-state index in [9.17, 15) is 13.2 Å². The first-order valence-electron chi connectivity index (χ1n) is 3.41. The largest absolute Gasteiger partial charge is 0.416 e. The number of amidine groups is 1. The van der Waals surface area contributed by atoms with E-state index in [-0.39, 0.29) is 5.17 Å². The fourth-order valence-corrected chi connectivity index (χ4v) is 1.89. The van der Waals surface area contributed by atoms with Crippen LogP contribution in [0.5, 0.6) is 0 Å². The van der Waals surface area contributed by atoms with Crippen molar-refractivity contribution in [1.29, 1.82) is 0 Å². The van der Waals surface area contributed by atoms with Crippen LogP contribution in [0.15, 0.2) is 4.40 Å². The van der Waals surface area contributed by atoms with Crippen LogP contribution in [0.2, 0.25) is 0 Å². The van der Waals surface area contributed by atoms with Gasteiger partial charge in [-0.15, -0.1) is 4.40 Å². The molecule has 0 saturated carbocycles. The molecule has 11 heteroatoms. The van der Waals surface area contributed by atoms with Crippen molar-refractivity contribution in [2.24, 2.45) is 4.40 Å². The molecule has 0 fully saturated rings. The Bertz CT molecular complexity index is 346. The van der Waals surface area contributed by atoms with Crippen LogP contribution in [0.1, 0.15) is 0 Å². The molecule has 2 N–H and O–H groups in total. The first kappa shape index (κ1) is 14.7. The Balaban J connectivity index is 4.35. The van der Waals surface area contributed by atoms with Gasteiger partial charge >= 0.3 is 6.09 Å². The van der Waals surface area contributed by atoms with Crippen molar-refractivity contribution in [3.63, 3.8) is 0 Å². The molecule has 1 amide bonds. The Morgan fingerprint density at radius 2 is 2.20 bits per heavy atom. The van der Waals surface area contributed by atoms with Gasteiger partial charge in [0.1, 0.15) is 8.96 Å². The zero-order valence-electron chi connectivity index (χ0n) is 7.97. The summed E-state index contributed by atoms with van der Waals surface area (Å²) in [5.74, 6) is 0. The number of hydrogen-bond acceptors (Lipinski definition) is 6. The van der Waals surface area contributed by atoms with E-state index in [1.54, 1.807) is 6.26 Å². The molecule has 15 heavy (non-hydrogen) atoms. The van der Waals surface area contributed by atoms with Gasteiger partial charge < -0.3 is 9.52 Å². The average Bonchev–Trinajstić information content (AvgIpc) is 2.11. The van der Waals surface area contributed by atoms with Gasteiger partial charge in [-0.2, -0.15) is 0 Å². The number of amides is 1. The molecule has 0 aliphatic carbocycles. The third-order valence-electron chi connectivity index (χ3n) is 0.854. The zero-order chi connectivity index (χ0) is 11.9. The maximum Gasteiger partial charge on any atom is 0.416 e. The van der Waals surface area contributed by atoms with Crippen molar-refractivity contribution in [3.8, 4) is 0 Å². The van der Waals surface area contributed by atoms with Gasteiger partial charge in [-0.1, -0.05) is 11.8 Å². The van der Waals surface area contributed by atoms with Crippen molar-refractivity contribution in [1.82, 2.24) is 10.3 Å². The van der Waals surface area contributed by atoms with Crippen molar-refractivity contribution in [3.05, 3.63) is 0 Å². The van der Waals surface area contributed by atoms with E-state index in [0.717, 1.165) is 18.0 Å². The predicted octanol–water partition coefficient (Wildman–Crippen LogP) is -0.427. The number of nitrogens with one attached hydrogen (secondary N) is 2. The van der Waals surface area contributed by atoms with E-state index >= 15 is 0 Å². The van der Waals surface area contributed by atoms with Crippen LogP contribution in [0.3, 0.4) is 0 Å². The van der Waals surface area contributed by atoms with Crippen molar-refractivity contribution < 1.29 is 17.7 Å². The van der Waals surface area contributed by atoms with Gasteiger partial charge in [-0.05, 0) is 6.26 Å². The molecule has 0 aromatic carbocycles. The monoisotopic (exact) mass is 269 g/mol. The van der Waals surface area contributed by atoms with Crippen LogP contribution >= 0.6 is 20.7 Å². The summed E-state index contributed by atoms with van der Waals surface area (Å²) in [7, 11) is 0.911. The smallest absolute Gasteiger partial charge is 0.416 e. The lowest BCUT2D eigenvalue weighted by Gasteiger charge is -2.05. The molecule has 0 aliphatic rings. The molecule has 7 nitrogen and oxygen atoms in total. The second-order valence-corrected chi connectivity index (χ2v) is 5.23. The lowest BCUT2D eigenvalue weighted by molar-refractivity contribution is 0.212.